The van der Waals surface area contributed by atoms with E-state index in [4.69, 9.17) is 0 Å². The highest BCUT2D eigenvalue weighted by Gasteiger charge is 2.38. The topological polar surface area (TPSA) is 80.5 Å². The third kappa shape index (κ3) is 1.86. The molecular formula is C14H7FN2O4. The van der Waals surface area contributed by atoms with Crippen LogP contribution in [0, 0.1) is 15.9 Å². The van der Waals surface area contributed by atoms with Gasteiger partial charge >= 0.3 is 0 Å². The molecule has 104 valence electrons. The summed E-state index contributed by atoms with van der Waals surface area (Å²) in [5, 5.41) is 10.8. The predicted octanol–water partition coefficient (Wildman–Crippen LogP) is 2.53. The number of hydrogen-bond donors (Lipinski definition) is 0. The van der Waals surface area contributed by atoms with Crippen molar-refractivity contribution >= 4 is 23.2 Å². The number of rotatable bonds is 2. The first-order valence-corrected chi connectivity index (χ1v) is 5.92. The molecular weight excluding hydrogens is 279 g/mol. The largest absolute Gasteiger partial charge is 0.271 e. The van der Waals surface area contributed by atoms with Gasteiger partial charge in [-0.3, -0.25) is 19.7 Å². The number of halogens is 1. The minimum Gasteiger partial charge on any atom is -0.268 e. The van der Waals surface area contributed by atoms with Crippen LogP contribution in [0.25, 0.3) is 0 Å². The molecule has 1 aliphatic rings. The summed E-state index contributed by atoms with van der Waals surface area (Å²) in [6.07, 6.45) is 0. The van der Waals surface area contributed by atoms with Crippen LogP contribution in [0.5, 0.6) is 0 Å². The number of hydrogen-bond acceptors (Lipinski definition) is 4. The molecule has 1 aliphatic heterocycles. The van der Waals surface area contributed by atoms with Gasteiger partial charge in [0.1, 0.15) is 5.82 Å². The maximum absolute atomic E-state index is 13.9. The summed E-state index contributed by atoms with van der Waals surface area (Å²) < 4.78 is 13.9. The van der Waals surface area contributed by atoms with Crippen LogP contribution in [0.15, 0.2) is 42.5 Å². The Hall–Kier alpha value is -3.09. The molecule has 2 aromatic carbocycles. The van der Waals surface area contributed by atoms with Gasteiger partial charge in [-0.1, -0.05) is 12.1 Å². The van der Waals surface area contributed by atoms with Gasteiger partial charge in [0.2, 0.25) is 0 Å². The first kappa shape index (κ1) is 12.9. The summed E-state index contributed by atoms with van der Waals surface area (Å²) in [4.78, 5) is 35.1. The molecule has 0 saturated heterocycles. The molecule has 0 aromatic heterocycles. The van der Waals surface area contributed by atoms with Gasteiger partial charge in [-0.2, -0.15) is 0 Å². The molecule has 0 aliphatic carbocycles. The van der Waals surface area contributed by atoms with Gasteiger partial charge in [-0.05, 0) is 18.2 Å². The molecule has 6 nitrogen and oxygen atoms in total. The molecule has 1 heterocycles. The Morgan fingerprint density at radius 1 is 1.00 bits per heavy atom. The standard InChI is InChI=1S/C14H7FN2O4/c15-11-6-5-8(17(20)21)7-12(11)16-13(18)9-3-1-2-4-10(9)14(16)19/h1-7H. The van der Waals surface area contributed by atoms with Crippen molar-refractivity contribution in [2.24, 2.45) is 0 Å². The smallest absolute Gasteiger partial charge is 0.268 e. The Morgan fingerprint density at radius 2 is 1.57 bits per heavy atom. The lowest BCUT2D eigenvalue weighted by Gasteiger charge is -2.14. The monoisotopic (exact) mass is 286 g/mol. The highest BCUT2D eigenvalue weighted by Crippen LogP contribution is 2.32. The number of non-ortho nitro benzene ring substituents is 1. The van der Waals surface area contributed by atoms with Crippen molar-refractivity contribution in [1.29, 1.82) is 0 Å². The molecule has 0 radical (unpaired) electrons. The van der Waals surface area contributed by atoms with Crippen LogP contribution in [0.4, 0.5) is 15.8 Å². The molecule has 0 bridgehead atoms. The lowest BCUT2D eigenvalue weighted by molar-refractivity contribution is -0.384. The number of carbonyl (C=O) groups is 2. The zero-order valence-electron chi connectivity index (χ0n) is 10.4. The molecule has 2 aromatic rings. The van der Waals surface area contributed by atoms with E-state index in [-0.39, 0.29) is 11.1 Å². The quantitative estimate of drug-likeness (QED) is 0.482. The number of nitro benzene ring substituents is 1. The Balaban J connectivity index is 2.15. The molecule has 0 saturated carbocycles. The normalized spacial score (nSPS) is 13.5. The second-order valence-corrected chi connectivity index (χ2v) is 4.38. The van der Waals surface area contributed by atoms with E-state index < -0.39 is 33.9 Å². The molecule has 0 spiro atoms. The van der Waals surface area contributed by atoms with E-state index >= 15 is 0 Å². The number of nitro groups is 1. The van der Waals surface area contributed by atoms with Crippen molar-refractivity contribution in [3.05, 3.63) is 69.5 Å². The number of anilines is 1. The van der Waals surface area contributed by atoms with Gasteiger partial charge in [0.15, 0.2) is 0 Å². The average Bonchev–Trinajstić information content (AvgIpc) is 2.72. The van der Waals surface area contributed by atoms with Crippen LogP contribution in [-0.2, 0) is 0 Å². The molecule has 0 unspecified atom stereocenters. The number of benzene rings is 2. The Labute approximate surface area is 117 Å². The number of amides is 2. The second-order valence-electron chi connectivity index (χ2n) is 4.38. The number of fused-ring (bicyclic) bond motifs is 1. The zero-order chi connectivity index (χ0) is 15.1. The fraction of sp³-hybridized carbons (Fsp3) is 0. The van der Waals surface area contributed by atoms with E-state index in [1.54, 1.807) is 12.1 Å². The van der Waals surface area contributed by atoms with Gasteiger partial charge in [-0.15, -0.1) is 0 Å². The highest BCUT2D eigenvalue weighted by molar-refractivity contribution is 6.34. The minimum absolute atomic E-state index is 0.147. The molecule has 21 heavy (non-hydrogen) atoms. The van der Waals surface area contributed by atoms with Gasteiger partial charge in [0.05, 0.1) is 21.7 Å². The maximum Gasteiger partial charge on any atom is 0.271 e. The Kier molecular flexibility index (Phi) is 2.76. The van der Waals surface area contributed by atoms with E-state index in [2.05, 4.69) is 0 Å². The minimum atomic E-state index is -0.880. The van der Waals surface area contributed by atoms with E-state index in [1.807, 2.05) is 0 Å². The van der Waals surface area contributed by atoms with E-state index in [1.165, 1.54) is 12.1 Å². The third-order valence-corrected chi connectivity index (χ3v) is 3.18. The Bertz CT molecular complexity index is 768. The first-order chi connectivity index (χ1) is 10.0. The van der Waals surface area contributed by atoms with Crippen LogP contribution in [0.3, 0.4) is 0 Å². The van der Waals surface area contributed by atoms with Gasteiger partial charge in [-0.25, -0.2) is 9.29 Å². The Morgan fingerprint density at radius 3 is 2.10 bits per heavy atom. The SMILES string of the molecule is O=C1c2ccccc2C(=O)N1c1cc([N+](=O)[O-])ccc1F. The number of imide groups is 1. The summed E-state index contributed by atoms with van der Waals surface area (Å²) >= 11 is 0. The van der Waals surface area contributed by atoms with Gasteiger partial charge in [0, 0.05) is 12.1 Å². The van der Waals surface area contributed by atoms with Gasteiger partial charge < -0.3 is 0 Å². The first-order valence-electron chi connectivity index (χ1n) is 5.92. The van der Waals surface area contributed by atoms with Crippen molar-refractivity contribution in [2.45, 2.75) is 0 Å². The third-order valence-electron chi connectivity index (χ3n) is 3.18. The van der Waals surface area contributed by atoms with Crippen LogP contribution < -0.4 is 4.90 Å². The summed E-state index contributed by atoms with van der Waals surface area (Å²) in [7, 11) is 0. The van der Waals surface area contributed by atoms with Crippen LogP contribution in [0.1, 0.15) is 20.7 Å². The molecule has 0 fully saturated rings. The summed E-state index contributed by atoms with van der Waals surface area (Å²) in [6, 6.07) is 8.76. The molecule has 0 atom stereocenters. The maximum atomic E-state index is 13.9. The lowest BCUT2D eigenvalue weighted by Crippen LogP contribution is -2.30. The highest BCUT2D eigenvalue weighted by atomic mass is 19.1. The van der Waals surface area contributed by atoms with Gasteiger partial charge in [0.25, 0.3) is 17.5 Å². The van der Waals surface area contributed by atoms with Crippen molar-refractivity contribution in [2.75, 3.05) is 4.90 Å². The summed E-state index contributed by atoms with van der Waals surface area (Å²) in [5.41, 5.74) is -0.528. The zero-order valence-corrected chi connectivity index (χ0v) is 10.4. The summed E-state index contributed by atoms with van der Waals surface area (Å²) in [6.45, 7) is 0. The van der Waals surface area contributed by atoms with Crippen molar-refractivity contribution in [3.8, 4) is 0 Å². The van der Waals surface area contributed by atoms with E-state index in [0.717, 1.165) is 18.2 Å². The number of nitrogens with zero attached hydrogens (tertiary/aromatic N) is 2. The van der Waals surface area contributed by atoms with Crippen molar-refractivity contribution < 1.29 is 18.9 Å². The molecule has 2 amide bonds. The lowest BCUT2D eigenvalue weighted by atomic mass is 10.1. The van der Waals surface area contributed by atoms with Crippen LogP contribution in [0.2, 0.25) is 0 Å². The fourth-order valence-electron chi connectivity index (χ4n) is 2.19. The molecule has 3 rings (SSSR count). The van der Waals surface area contributed by atoms with Crippen molar-refractivity contribution in [1.82, 2.24) is 0 Å². The fourth-order valence-corrected chi connectivity index (χ4v) is 2.19. The number of carbonyl (C=O) groups excluding carboxylic acids is 2. The van der Waals surface area contributed by atoms with E-state index in [9.17, 15) is 24.1 Å². The molecule has 7 heteroatoms. The van der Waals surface area contributed by atoms with Crippen molar-refractivity contribution in [3.63, 3.8) is 0 Å². The van der Waals surface area contributed by atoms with E-state index in [0.29, 0.717) is 4.90 Å². The predicted molar refractivity (Wildman–Crippen MR) is 70.6 cm³/mol. The second kappa shape index (κ2) is 4.48. The van der Waals surface area contributed by atoms with Crippen LogP contribution >= 0.6 is 0 Å². The van der Waals surface area contributed by atoms with Crippen LogP contribution in [-0.4, -0.2) is 16.7 Å². The summed E-state index contributed by atoms with van der Waals surface area (Å²) in [5.74, 6) is -2.28. The average molecular weight is 286 g/mol. The molecule has 0 N–H and O–H groups in total.